The van der Waals surface area contributed by atoms with Crippen molar-refractivity contribution in [3.63, 3.8) is 0 Å². The fourth-order valence-corrected chi connectivity index (χ4v) is 3.96. The number of amides is 4. The zero-order valence-corrected chi connectivity index (χ0v) is 19.2. The SMILES string of the molecule is N#Cc1ccc(C(C(=O)NC(CO)CO)N2C(=O)NC(=Cc3c[nH]c4c(F)c(Cl)ccc34)C2=O)cc1. The van der Waals surface area contributed by atoms with Crippen LogP contribution < -0.4 is 10.6 Å². The second-order valence-corrected chi connectivity index (χ2v) is 8.31. The van der Waals surface area contributed by atoms with E-state index in [4.69, 9.17) is 16.9 Å². The normalized spacial score (nSPS) is 15.4. The van der Waals surface area contributed by atoms with Gasteiger partial charge in [-0.2, -0.15) is 5.26 Å². The molecule has 1 aromatic heterocycles. The average molecular weight is 512 g/mol. The molecule has 12 heteroatoms. The highest BCUT2D eigenvalue weighted by atomic mass is 35.5. The van der Waals surface area contributed by atoms with Crippen LogP contribution in [-0.4, -0.2) is 57.2 Å². The smallest absolute Gasteiger partial charge is 0.330 e. The van der Waals surface area contributed by atoms with Crippen molar-refractivity contribution < 1.29 is 29.0 Å². The molecule has 184 valence electrons. The lowest BCUT2D eigenvalue weighted by Crippen LogP contribution is -2.48. The van der Waals surface area contributed by atoms with E-state index >= 15 is 0 Å². The standard InChI is InChI=1S/C24H19ClFN5O5/c25-17-6-5-16-14(9-28-20(16)19(17)26)7-18-23(35)31(24(36)30-18)21(22(34)29-15(10-32)11-33)13-3-1-12(8-27)2-4-13/h1-7,9,15,21,28,32-33H,10-11H2,(H,29,34)(H,30,36). The van der Waals surface area contributed by atoms with E-state index in [1.165, 1.54) is 42.6 Å². The molecular formula is C24H19ClFN5O5. The first kappa shape index (κ1) is 24.9. The fraction of sp³-hybridized carbons (Fsp3) is 0.167. The van der Waals surface area contributed by atoms with E-state index < -0.39 is 49.0 Å². The van der Waals surface area contributed by atoms with Crippen molar-refractivity contribution in [1.82, 2.24) is 20.5 Å². The van der Waals surface area contributed by atoms with Gasteiger partial charge >= 0.3 is 6.03 Å². The number of fused-ring (bicyclic) bond motifs is 1. The lowest BCUT2D eigenvalue weighted by atomic mass is 10.0. The number of aromatic amines is 1. The van der Waals surface area contributed by atoms with Crippen LogP contribution in [0.3, 0.4) is 0 Å². The summed E-state index contributed by atoms with van der Waals surface area (Å²) in [4.78, 5) is 42.8. The number of imide groups is 1. The molecule has 1 fully saturated rings. The maximum Gasteiger partial charge on any atom is 0.330 e. The molecule has 3 aromatic rings. The molecule has 0 bridgehead atoms. The van der Waals surface area contributed by atoms with Crippen molar-refractivity contribution in [2.24, 2.45) is 0 Å². The summed E-state index contributed by atoms with van der Waals surface area (Å²) in [5.74, 6) is -2.33. The topological polar surface area (TPSA) is 159 Å². The number of hydrogen-bond acceptors (Lipinski definition) is 6. The van der Waals surface area contributed by atoms with Gasteiger partial charge in [-0.05, 0) is 29.8 Å². The molecule has 1 saturated heterocycles. The summed E-state index contributed by atoms with van der Waals surface area (Å²) < 4.78 is 14.3. The summed E-state index contributed by atoms with van der Waals surface area (Å²) in [6.07, 6.45) is 2.78. The number of hydrogen-bond donors (Lipinski definition) is 5. The summed E-state index contributed by atoms with van der Waals surface area (Å²) in [5.41, 5.74) is 0.868. The number of rotatable bonds is 7. The Balaban J connectivity index is 1.72. The van der Waals surface area contributed by atoms with Crippen LogP contribution in [0.25, 0.3) is 17.0 Å². The largest absolute Gasteiger partial charge is 0.394 e. The zero-order chi connectivity index (χ0) is 26.0. The molecule has 4 rings (SSSR count). The number of nitriles is 1. The highest BCUT2D eigenvalue weighted by Gasteiger charge is 2.43. The third kappa shape index (κ3) is 4.52. The van der Waals surface area contributed by atoms with Crippen molar-refractivity contribution in [3.8, 4) is 6.07 Å². The molecule has 0 aliphatic carbocycles. The number of nitrogens with one attached hydrogen (secondary N) is 3. The average Bonchev–Trinajstić information content (AvgIpc) is 3.41. The van der Waals surface area contributed by atoms with Crippen LogP contribution in [0.1, 0.15) is 22.7 Å². The second-order valence-electron chi connectivity index (χ2n) is 7.90. The number of aliphatic hydroxyl groups is 2. The lowest BCUT2D eigenvalue weighted by molar-refractivity contribution is -0.134. The van der Waals surface area contributed by atoms with Gasteiger partial charge < -0.3 is 25.8 Å². The van der Waals surface area contributed by atoms with Crippen LogP contribution in [0.2, 0.25) is 5.02 Å². The Morgan fingerprint density at radius 2 is 1.89 bits per heavy atom. The number of aliphatic hydroxyl groups excluding tert-OH is 2. The quantitative estimate of drug-likeness (QED) is 0.241. The van der Waals surface area contributed by atoms with Crippen molar-refractivity contribution in [2.75, 3.05) is 13.2 Å². The molecule has 2 aromatic carbocycles. The number of aromatic nitrogens is 1. The van der Waals surface area contributed by atoms with Gasteiger partial charge in [-0.3, -0.25) is 9.59 Å². The Bertz CT molecular complexity index is 1430. The van der Waals surface area contributed by atoms with Gasteiger partial charge in [-0.15, -0.1) is 0 Å². The highest BCUT2D eigenvalue weighted by Crippen LogP contribution is 2.30. The van der Waals surface area contributed by atoms with Gasteiger partial charge in [0.2, 0.25) is 5.91 Å². The number of benzene rings is 2. The minimum absolute atomic E-state index is 0.0830. The Morgan fingerprint density at radius 3 is 2.53 bits per heavy atom. The molecule has 4 amide bonds. The number of urea groups is 1. The van der Waals surface area contributed by atoms with Crippen LogP contribution in [0, 0.1) is 17.1 Å². The number of carbonyl (C=O) groups excluding carboxylic acids is 3. The van der Waals surface area contributed by atoms with Crippen LogP contribution in [0.4, 0.5) is 9.18 Å². The maximum absolute atomic E-state index is 14.3. The van der Waals surface area contributed by atoms with Gasteiger partial charge in [0, 0.05) is 17.1 Å². The lowest BCUT2D eigenvalue weighted by Gasteiger charge is -2.26. The minimum Gasteiger partial charge on any atom is -0.394 e. The Hall–Kier alpha value is -4.24. The van der Waals surface area contributed by atoms with E-state index in [0.717, 1.165) is 0 Å². The molecule has 0 spiro atoms. The molecular weight excluding hydrogens is 493 g/mol. The molecule has 10 nitrogen and oxygen atoms in total. The Morgan fingerprint density at radius 1 is 1.19 bits per heavy atom. The summed E-state index contributed by atoms with van der Waals surface area (Å²) in [6, 6.07) is 7.15. The van der Waals surface area contributed by atoms with E-state index in [0.29, 0.717) is 21.4 Å². The van der Waals surface area contributed by atoms with Gasteiger partial charge in [0.05, 0.1) is 41.4 Å². The van der Waals surface area contributed by atoms with Gasteiger partial charge in [-0.25, -0.2) is 14.1 Å². The molecule has 1 unspecified atom stereocenters. The Kier molecular flexibility index (Phi) is 7.03. The molecule has 1 aliphatic heterocycles. The van der Waals surface area contributed by atoms with Crippen LogP contribution >= 0.6 is 11.6 Å². The number of H-pyrrole nitrogens is 1. The number of nitrogens with zero attached hydrogens (tertiary/aromatic N) is 2. The van der Waals surface area contributed by atoms with Crippen molar-refractivity contribution in [2.45, 2.75) is 12.1 Å². The predicted octanol–water partition coefficient (Wildman–Crippen LogP) is 1.94. The molecule has 36 heavy (non-hydrogen) atoms. The van der Waals surface area contributed by atoms with Crippen molar-refractivity contribution in [1.29, 1.82) is 5.26 Å². The third-order valence-electron chi connectivity index (χ3n) is 5.64. The van der Waals surface area contributed by atoms with Crippen LogP contribution in [0.5, 0.6) is 0 Å². The Labute approximate surface area is 208 Å². The summed E-state index contributed by atoms with van der Waals surface area (Å²) in [6.45, 7) is -1.15. The van der Waals surface area contributed by atoms with E-state index in [9.17, 15) is 29.0 Å². The molecule has 2 heterocycles. The molecule has 1 aliphatic rings. The summed E-state index contributed by atoms with van der Waals surface area (Å²) in [5, 5.41) is 32.9. The number of halogens is 2. The van der Waals surface area contributed by atoms with Gasteiger partial charge in [0.25, 0.3) is 5.91 Å². The fourth-order valence-electron chi connectivity index (χ4n) is 3.80. The number of carbonyl (C=O) groups is 3. The maximum atomic E-state index is 14.3. The summed E-state index contributed by atoms with van der Waals surface area (Å²) in [7, 11) is 0. The highest BCUT2D eigenvalue weighted by molar-refractivity contribution is 6.31. The van der Waals surface area contributed by atoms with E-state index in [1.54, 1.807) is 6.07 Å². The first-order chi connectivity index (χ1) is 17.3. The molecule has 0 saturated carbocycles. The van der Waals surface area contributed by atoms with Gasteiger partial charge in [0.15, 0.2) is 5.82 Å². The first-order valence-corrected chi connectivity index (χ1v) is 11.0. The van der Waals surface area contributed by atoms with Crippen molar-refractivity contribution in [3.05, 3.63) is 75.8 Å². The van der Waals surface area contributed by atoms with E-state index in [1.807, 2.05) is 6.07 Å². The molecule has 0 radical (unpaired) electrons. The van der Waals surface area contributed by atoms with Gasteiger partial charge in [0.1, 0.15) is 11.7 Å². The zero-order valence-electron chi connectivity index (χ0n) is 18.5. The van der Waals surface area contributed by atoms with Crippen LogP contribution in [-0.2, 0) is 9.59 Å². The third-order valence-corrected chi connectivity index (χ3v) is 5.93. The van der Waals surface area contributed by atoms with E-state index in [-0.39, 0.29) is 21.8 Å². The van der Waals surface area contributed by atoms with Gasteiger partial charge in [-0.1, -0.05) is 29.8 Å². The van der Waals surface area contributed by atoms with Crippen molar-refractivity contribution >= 4 is 46.4 Å². The first-order valence-electron chi connectivity index (χ1n) is 10.6. The summed E-state index contributed by atoms with van der Waals surface area (Å²) >= 11 is 5.81. The molecule has 1 atom stereocenters. The second kappa shape index (κ2) is 10.2. The predicted molar refractivity (Wildman–Crippen MR) is 127 cm³/mol. The molecule has 5 N–H and O–H groups in total. The monoisotopic (exact) mass is 511 g/mol. The van der Waals surface area contributed by atoms with E-state index in [2.05, 4.69) is 15.6 Å². The van der Waals surface area contributed by atoms with Crippen LogP contribution in [0.15, 0.2) is 48.3 Å². The minimum atomic E-state index is -1.48.